The van der Waals surface area contributed by atoms with E-state index in [1.54, 1.807) is 12.1 Å². The maximum absolute atomic E-state index is 14.0. The molecule has 0 bridgehead atoms. The van der Waals surface area contributed by atoms with Gasteiger partial charge in [-0.15, -0.1) is 0 Å². The first-order chi connectivity index (χ1) is 13.1. The zero-order chi connectivity index (χ0) is 20.6. The van der Waals surface area contributed by atoms with Gasteiger partial charge in [0.25, 0.3) is 0 Å². The summed E-state index contributed by atoms with van der Waals surface area (Å²) in [6.07, 6.45) is 3.04. The Kier molecular flexibility index (Phi) is 5.12. The molecule has 0 saturated heterocycles. The van der Waals surface area contributed by atoms with E-state index in [0.717, 1.165) is 11.8 Å². The van der Waals surface area contributed by atoms with Gasteiger partial charge in [-0.3, -0.25) is 0 Å². The minimum atomic E-state index is -3.34. The van der Waals surface area contributed by atoms with Gasteiger partial charge in [-0.25, -0.2) is 17.6 Å². The first-order valence-electron chi connectivity index (χ1n) is 8.44. The van der Waals surface area contributed by atoms with Crippen LogP contribution in [0, 0.1) is 5.82 Å². The van der Waals surface area contributed by atoms with Crippen LogP contribution in [0.3, 0.4) is 0 Å². The van der Waals surface area contributed by atoms with Crippen LogP contribution in [-0.4, -0.2) is 32.9 Å². The molecule has 5 nitrogen and oxygen atoms in total. The maximum Gasteiger partial charge on any atom is 0.336 e. The monoisotopic (exact) mass is 402 g/mol. The van der Waals surface area contributed by atoms with Crippen molar-refractivity contribution < 1.29 is 27.4 Å². The Morgan fingerprint density at radius 3 is 2.39 bits per heavy atom. The van der Waals surface area contributed by atoms with Crippen molar-refractivity contribution in [2.75, 3.05) is 13.4 Å². The van der Waals surface area contributed by atoms with E-state index < -0.39 is 21.6 Å². The topological polar surface area (TPSA) is 80.7 Å². The predicted molar refractivity (Wildman–Crippen MR) is 104 cm³/mol. The lowest BCUT2D eigenvalue weighted by molar-refractivity contribution is -0.132. The van der Waals surface area contributed by atoms with Crippen LogP contribution in [0.15, 0.2) is 52.4 Å². The summed E-state index contributed by atoms with van der Waals surface area (Å²) in [6, 6.07) is 8.85. The molecular weight excluding hydrogens is 383 g/mol. The lowest BCUT2D eigenvalue weighted by Crippen LogP contribution is -2.04. The largest absolute Gasteiger partial charge is 0.494 e. The third kappa shape index (κ3) is 3.71. The smallest absolute Gasteiger partial charge is 0.336 e. The Balaban J connectivity index is 2.11. The number of benzene rings is 2. The van der Waals surface area contributed by atoms with Crippen LogP contribution in [0.1, 0.15) is 23.6 Å². The summed E-state index contributed by atoms with van der Waals surface area (Å²) in [5.74, 6) is -1.57. The molecule has 0 fully saturated rings. The molecular formula is C21H19FO5S. The molecule has 0 amide bonds. The molecule has 0 radical (unpaired) electrons. The highest BCUT2D eigenvalue weighted by molar-refractivity contribution is 7.90. The second kappa shape index (κ2) is 7.24. The zero-order valence-corrected chi connectivity index (χ0v) is 16.4. The van der Waals surface area contributed by atoms with E-state index in [-0.39, 0.29) is 16.2 Å². The molecule has 1 N–H and O–H groups in total. The maximum atomic E-state index is 14.0. The van der Waals surface area contributed by atoms with Crippen LogP contribution < -0.4 is 4.74 Å². The second-order valence-corrected chi connectivity index (χ2v) is 8.70. The summed E-state index contributed by atoms with van der Waals surface area (Å²) in [6.45, 7) is 1.81. The summed E-state index contributed by atoms with van der Waals surface area (Å²) >= 11 is 0. The molecule has 2 aromatic rings. The number of rotatable bonds is 5. The molecule has 146 valence electrons. The van der Waals surface area contributed by atoms with E-state index in [4.69, 9.17) is 4.74 Å². The minimum Gasteiger partial charge on any atom is -0.494 e. The Hall–Kier alpha value is -2.93. The van der Waals surface area contributed by atoms with E-state index in [1.165, 1.54) is 37.5 Å². The minimum absolute atomic E-state index is 0.0493. The fourth-order valence-corrected chi connectivity index (χ4v) is 3.96. The Morgan fingerprint density at radius 1 is 1.21 bits per heavy atom. The van der Waals surface area contributed by atoms with Gasteiger partial charge in [0.2, 0.25) is 0 Å². The number of carboxylic acid groups (broad SMARTS) is 1. The number of hydrogen-bond acceptors (Lipinski definition) is 4. The first-order valence-corrected chi connectivity index (χ1v) is 10.3. The van der Waals surface area contributed by atoms with E-state index in [0.29, 0.717) is 28.7 Å². The Labute approximate surface area is 162 Å². The highest BCUT2D eigenvalue weighted by atomic mass is 32.2. The Morgan fingerprint density at radius 2 is 1.86 bits per heavy atom. The van der Waals surface area contributed by atoms with Crippen molar-refractivity contribution in [3.8, 4) is 5.75 Å². The summed E-state index contributed by atoms with van der Waals surface area (Å²) < 4.78 is 42.2. The van der Waals surface area contributed by atoms with E-state index in [9.17, 15) is 22.7 Å². The fraction of sp³-hybridized carbons (Fsp3) is 0.190. The lowest BCUT2D eigenvalue weighted by Gasteiger charge is -2.11. The quantitative estimate of drug-likeness (QED) is 0.771. The number of aliphatic carboxylic acids is 1. The van der Waals surface area contributed by atoms with Crippen molar-refractivity contribution in [3.05, 3.63) is 70.1 Å². The number of hydrogen-bond donors (Lipinski definition) is 1. The number of carbonyl (C=O) groups is 1. The molecule has 7 heteroatoms. The van der Waals surface area contributed by atoms with Gasteiger partial charge in [0.15, 0.2) is 21.4 Å². The summed E-state index contributed by atoms with van der Waals surface area (Å²) in [5, 5.41) is 9.80. The van der Waals surface area contributed by atoms with Gasteiger partial charge < -0.3 is 9.84 Å². The number of allylic oxidation sites excluding steroid dienone is 1. The summed E-state index contributed by atoms with van der Waals surface area (Å²) in [4.78, 5) is 12.1. The molecule has 28 heavy (non-hydrogen) atoms. The molecule has 0 unspecified atom stereocenters. The highest BCUT2D eigenvalue weighted by Gasteiger charge is 2.27. The third-order valence-corrected chi connectivity index (χ3v) is 5.78. The number of halogens is 1. The van der Waals surface area contributed by atoms with Crippen LogP contribution in [0.25, 0.3) is 11.6 Å². The van der Waals surface area contributed by atoms with E-state index in [2.05, 4.69) is 0 Å². The molecule has 1 aliphatic rings. The molecule has 0 aromatic heterocycles. The van der Waals surface area contributed by atoms with Crippen molar-refractivity contribution in [2.24, 2.45) is 0 Å². The number of methoxy groups -OCH3 is 1. The van der Waals surface area contributed by atoms with Crippen LogP contribution in [0.5, 0.6) is 5.75 Å². The fourth-order valence-electron chi connectivity index (χ4n) is 3.33. The van der Waals surface area contributed by atoms with Crippen LogP contribution in [0.2, 0.25) is 0 Å². The van der Waals surface area contributed by atoms with Crippen LogP contribution in [0.4, 0.5) is 4.39 Å². The normalized spacial score (nSPS) is 14.2. The van der Waals surface area contributed by atoms with Gasteiger partial charge in [-0.2, -0.15) is 0 Å². The average Bonchev–Trinajstić information content (AvgIpc) is 2.92. The van der Waals surface area contributed by atoms with Crippen molar-refractivity contribution >= 4 is 27.5 Å². The Bertz CT molecular complexity index is 1130. The van der Waals surface area contributed by atoms with Crippen molar-refractivity contribution in [1.29, 1.82) is 0 Å². The lowest BCUT2D eigenvalue weighted by atomic mass is 9.95. The van der Waals surface area contributed by atoms with Crippen molar-refractivity contribution in [1.82, 2.24) is 0 Å². The SMILES string of the molecule is COc1cc2c(cc1F)CC(C)=C2C(=Cc1ccc(S(C)(=O)=O)cc1)C(=O)O. The van der Waals surface area contributed by atoms with Gasteiger partial charge in [-0.1, -0.05) is 17.7 Å². The van der Waals surface area contributed by atoms with E-state index in [1.807, 2.05) is 6.92 Å². The average molecular weight is 402 g/mol. The first kappa shape index (κ1) is 19.8. The number of fused-ring (bicyclic) bond motifs is 1. The molecule has 0 atom stereocenters. The molecule has 1 aliphatic carbocycles. The second-order valence-electron chi connectivity index (χ2n) is 6.68. The molecule has 3 rings (SSSR count). The number of sulfone groups is 1. The predicted octanol–water partition coefficient (Wildman–Crippen LogP) is 3.74. The highest BCUT2D eigenvalue weighted by Crippen LogP contribution is 2.41. The molecule has 0 aliphatic heterocycles. The third-order valence-electron chi connectivity index (χ3n) is 4.65. The molecule has 0 spiro atoms. The van der Waals surface area contributed by atoms with Crippen LogP contribution in [-0.2, 0) is 21.1 Å². The van der Waals surface area contributed by atoms with E-state index >= 15 is 0 Å². The van der Waals surface area contributed by atoms with Crippen LogP contribution >= 0.6 is 0 Å². The molecule has 2 aromatic carbocycles. The van der Waals surface area contributed by atoms with Gasteiger partial charge in [0.05, 0.1) is 17.6 Å². The standard InChI is InChI=1S/C21H19FO5S/c1-12-8-14-10-18(22)19(27-2)11-16(14)20(12)17(21(23)24)9-13-4-6-15(7-5-13)28(3,25)26/h4-7,9-11H,8H2,1-3H3,(H,23,24). The summed E-state index contributed by atoms with van der Waals surface area (Å²) in [7, 11) is -1.98. The van der Waals surface area contributed by atoms with Gasteiger partial charge in [0.1, 0.15) is 0 Å². The summed E-state index contributed by atoms with van der Waals surface area (Å²) in [5.41, 5.74) is 3.25. The number of ether oxygens (including phenoxy) is 1. The zero-order valence-electron chi connectivity index (χ0n) is 15.6. The molecule has 0 heterocycles. The van der Waals surface area contributed by atoms with Crippen molar-refractivity contribution in [3.63, 3.8) is 0 Å². The van der Waals surface area contributed by atoms with Crippen molar-refractivity contribution in [2.45, 2.75) is 18.2 Å². The van der Waals surface area contributed by atoms with Gasteiger partial charge in [-0.05, 0) is 65.9 Å². The van der Waals surface area contributed by atoms with Gasteiger partial charge in [0, 0.05) is 6.26 Å². The number of carboxylic acids is 1. The molecule has 0 saturated carbocycles. The van der Waals surface area contributed by atoms with Gasteiger partial charge >= 0.3 is 5.97 Å².